The maximum atomic E-state index is 6.01. The van der Waals surface area contributed by atoms with Gasteiger partial charge in [0.2, 0.25) is 0 Å². The van der Waals surface area contributed by atoms with E-state index in [9.17, 15) is 0 Å². The van der Waals surface area contributed by atoms with Crippen LogP contribution in [-0.2, 0) is 12.8 Å². The summed E-state index contributed by atoms with van der Waals surface area (Å²) in [4.78, 5) is 4.83. The van der Waals surface area contributed by atoms with Gasteiger partial charge < -0.3 is 10.1 Å². The third kappa shape index (κ3) is 2.00. The van der Waals surface area contributed by atoms with E-state index in [0.29, 0.717) is 5.92 Å². The summed E-state index contributed by atoms with van der Waals surface area (Å²) >= 11 is 0. The zero-order valence-corrected chi connectivity index (χ0v) is 12.2. The van der Waals surface area contributed by atoms with Crippen molar-refractivity contribution < 1.29 is 0 Å². The highest BCUT2D eigenvalue weighted by Crippen LogP contribution is 2.33. The van der Waals surface area contributed by atoms with E-state index in [1.807, 2.05) is 12.3 Å². The molecule has 1 aliphatic rings. The Kier molecular flexibility index (Phi) is 2.74. The second-order valence-electron chi connectivity index (χ2n) is 6.01. The summed E-state index contributed by atoms with van der Waals surface area (Å²) in [5.41, 5.74) is 13.0. The molecule has 4 rings (SSSR count). The molecule has 0 bridgehead atoms. The second kappa shape index (κ2) is 4.62. The number of aryl methyl sites for hydroxylation is 2. The highest BCUT2D eigenvalue weighted by Gasteiger charge is 2.24. The van der Waals surface area contributed by atoms with Crippen molar-refractivity contribution in [3.8, 4) is 0 Å². The predicted octanol–water partition coefficient (Wildman–Crippen LogP) is 3.50. The molecule has 0 spiro atoms. The Morgan fingerprint density at radius 1 is 1.24 bits per heavy atom. The number of aromatic nitrogens is 2. The maximum Gasteiger partial charge on any atom is 0.140 e. The summed E-state index contributed by atoms with van der Waals surface area (Å²) in [6.07, 6.45) is 5.29. The molecule has 2 heterocycles. The minimum atomic E-state index is 0.584. The first-order valence-corrected chi connectivity index (χ1v) is 7.53. The number of fused-ring (bicyclic) bond motifs is 3. The molecule has 3 heteroatoms. The molecule has 3 nitrogen and oxygen atoms in total. The van der Waals surface area contributed by atoms with Crippen molar-refractivity contribution in [1.82, 2.24) is 9.38 Å². The zero-order chi connectivity index (χ0) is 14.4. The van der Waals surface area contributed by atoms with Crippen molar-refractivity contribution in [3.63, 3.8) is 0 Å². The lowest BCUT2D eigenvalue weighted by atomic mass is 9.84. The quantitative estimate of drug-likeness (QED) is 0.740. The number of benzene rings is 1. The molecule has 2 N–H and O–H groups in total. The van der Waals surface area contributed by atoms with Gasteiger partial charge in [-0.2, -0.15) is 0 Å². The van der Waals surface area contributed by atoms with Gasteiger partial charge in [-0.3, -0.25) is 0 Å². The lowest BCUT2D eigenvalue weighted by Gasteiger charge is -2.22. The monoisotopic (exact) mass is 277 g/mol. The van der Waals surface area contributed by atoms with Gasteiger partial charge in [-0.15, -0.1) is 0 Å². The number of hydrogen-bond acceptors (Lipinski definition) is 2. The number of anilines is 1. The molecule has 1 aliphatic carbocycles. The summed E-state index contributed by atoms with van der Waals surface area (Å²) in [5.74, 6) is 0.584. The molecule has 106 valence electrons. The van der Waals surface area contributed by atoms with Crippen LogP contribution >= 0.6 is 0 Å². The van der Waals surface area contributed by atoms with Gasteiger partial charge in [0.05, 0.1) is 5.69 Å². The van der Waals surface area contributed by atoms with E-state index >= 15 is 0 Å². The molecule has 21 heavy (non-hydrogen) atoms. The first kappa shape index (κ1) is 12.5. The molecule has 0 amide bonds. The summed E-state index contributed by atoms with van der Waals surface area (Å²) in [6, 6.07) is 12.8. The molecule has 0 saturated carbocycles. The molecule has 3 aromatic rings. The van der Waals surface area contributed by atoms with Gasteiger partial charge in [0.25, 0.3) is 0 Å². The standard InChI is InChI=1S/C18H19N3/c1-12-9-15(19)11-21-17-10-14(13-5-3-2-4-6-13)7-8-16(17)20-18(12)21/h2-6,9,11,14H,7-8,10,19H2,1H3. The van der Waals surface area contributed by atoms with Gasteiger partial charge in [0.1, 0.15) is 5.65 Å². The Balaban J connectivity index is 1.81. The SMILES string of the molecule is Cc1cc(N)cn2c3c(nc12)CCC(c1ccccc1)C3. The average molecular weight is 277 g/mol. The summed E-state index contributed by atoms with van der Waals surface area (Å²) < 4.78 is 2.20. The zero-order valence-electron chi connectivity index (χ0n) is 12.2. The van der Waals surface area contributed by atoms with Crippen LogP contribution < -0.4 is 5.73 Å². The molecule has 0 radical (unpaired) electrons. The number of rotatable bonds is 1. The minimum Gasteiger partial charge on any atom is -0.398 e. The Morgan fingerprint density at radius 2 is 2.05 bits per heavy atom. The Bertz CT molecular complexity index is 802. The van der Waals surface area contributed by atoms with E-state index in [0.717, 1.165) is 29.7 Å². The van der Waals surface area contributed by atoms with Crippen LogP contribution in [0.1, 0.15) is 34.9 Å². The average Bonchev–Trinajstić information content (AvgIpc) is 2.86. The highest BCUT2D eigenvalue weighted by atomic mass is 15.0. The smallest absolute Gasteiger partial charge is 0.140 e. The van der Waals surface area contributed by atoms with E-state index in [1.54, 1.807) is 0 Å². The summed E-state index contributed by atoms with van der Waals surface area (Å²) in [6.45, 7) is 2.08. The Labute approximate surface area is 124 Å². The number of pyridine rings is 1. The van der Waals surface area contributed by atoms with Crippen molar-refractivity contribution in [1.29, 1.82) is 0 Å². The van der Waals surface area contributed by atoms with Gasteiger partial charge in [0.15, 0.2) is 0 Å². The number of nitrogens with two attached hydrogens (primary N) is 1. The van der Waals surface area contributed by atoms with Crippen molar-refractivity contribution in [2.24, 2.45) is 0 Å². The van der Waals surface area contributed by atoms with E-state index in [-0.39, 0.29) is 0 Å². The first-order valence-electron chi connectivity index (χ1n) is 7.53. The summed E-state index contributed by atoms with van der Waals surface area (Å²) in [5, 5.41) is 0. The second-order valence-corrected chi connectivity index (χ2v) is 6.01. The predicted molar refractivity (Wildman–Crippen MR) is 85.5 cm³/mol. The van der Waals surface area contributed by atoms with Crippen LogP contribution in [-0.4, -0.2) is 9.38 Å². The largest absolute Gasteiger partial charge is 0.398 e. The highest BCUT2D eigenvalue weighted by molar-refractivity contribution is 5.57. The van der Waals surface area contributed by atoms with E-state index in [2.05, 4.69) is 41.7 Å². The maximum absolute atomic E-state index is 6.01. The van der Waals surface area contributed by atoms with Gasteiger partial charge in [-0.25, -0.2) is 4.98 Å². The molecular formula is C18H19N3. The van der Waals surface area contributed by atoms with Gasteiger partial charge in [0, 0.05) is 17.6 Å². The number of nitrogens with zero attached hydrogens (tertiary/aromatic N) is 2. The van der Waals surface area contributed by atoms with Crippen LogP contribution in [0.3, 0.4) is 0 Å². The van der Waals surface area contributed by atoms with E-state index in [4.69, 9.17) is 10.7 Å². The molecule has 0 saturated heterocycles. The number of nitrogen functional groups attached to an aromatic ring is 1. The number of hydrogen-bond donors (Lipinski definition) is 1. The van der Waals surface area contributed by atoms with Crippen LogP contribution in [0.5, 0.6) is 0 Å². The molecule has 0 aliphatic heterocycles. The fourth-order valence-electron chi connectivity index (χ4n) is 3.50. The van der Waals surface area contributed by atoms with Crippen LogP contribution in [0.2, 0.25) is 0 Å². The number of imidazole rings is 1. The van der Waals surface area contributed by atoms with Crippen molar-refractivity contribution in [3.05, 3.63) is 65.1 Å². The topological polar surface area (TPSA) is 43.3 Å². The van der Waals surface area contributed by atoms with Crippen LogP contribution in [0.15, 0.2) is 42.6 Å². The first-order chi connectivity index (χ1) is 10.2. The molecule has 1 atom stereocenters. The van der Waals surface area contributed by atoms with Crippen LogP contribution in [0.25, 0.3) is 5.65 Å². The molecule has 0 fully saturated rings. The van der Waals surface area contributed by atoms with Gasteiger partial charge >= 0.3 is 0 Å². The van der Waals surface area contributed by atoms with Gasteiger partial charge in [-0.05, 0) is 49.3 Å². The van der Waals surface area contributed by atoms with Crippen molar-refractivity contribution >= 4 is 11.3 Å². The van der Waals surface area contributed by atoms with Crippen LogP contribution in [0, 0.1) is 6.92 Å². The molecular weight excluding hydrogens is 258 g/mol. The van der Waals surface area contributed by atoms with E-state index < -0.39 is 0 Å². The summed E-state index contributed by atoms with van der Waals surface area (Å²) in [7, 11) is 0. The van der Waals surface area contributed by atoms with Crippen LogP contribution in [0.4, 0.5) is 5.69 Å². The molecule has 1 aromatic carbocycles. The lowest BCUT2D eigenvalue weighted by Crippen LogP contribution is -2.14. The normalized spacial score (nSPS) is 17.9. The Hall–Kier alpha value is -2.29. The van der Waals surface area contributed by atoms with E-state index in [1.165, 1.54) is 23.4 Å². The molecule has 2 aromatic heterocycles. The Morgan fingerprint density at radius 3 is 2.86 bits per heavy atom. The fourth-order valence-corrected chi connectivity index (χ4v) is 3.50. The third-order valence-electron chi connectivity index (χ3n) is 4.55. The lowest BCUT2D eigenvalue weighted by molar-refractivity contribution is 0.568. The minimum absolute atomic E-state index is 0.584. The van der Waals surface area contributed by atoms with Crippen molar-refractivity contribution in [2.45, 2.75) is 32.1 Å². The molecule has 1 unspecified atom stereocenters. The fraction of sp³-hybridized carbons (Fsp3) is 0.278. The van der Waals surface area contributed by atoms with Gasteiger partial charge in [-0.1, -0.05) is 30.3 Å². The van der Waals surface area contributed by atoms with Crippen molar-refractivity contribution in [2.75, 3.05) is 5.73 Å². The third-order valence-corrected chi connectivity index (χ3v) is 4.55.